The molecule has 0 aromatic heterocycles. The molecule has 0 heterocycles. The number of hydrogen-bond acceptors (Lipinski definition) is 5. The van der Waals surface area contributed by atoms with Crippen molar-refractivity contribution in [2.45, 2.75) is 26.9 Å². The number of carbonyl (C=O) groups is 2. The molecule has 6 nitrogen and oxygen atoms in total. The first kappa shape index (κ1) is 20.7. The van der Waals surface area contributed by atoms with Crippen molar-refractivity contribution in [1.82, 2.24) is 4.90 Å². The third kappa shape index (κ3) is 12.8. The highest BCUT2D eigenvalue weighted by molar-refractivity contribution is 5.84. The predicted octanol–water partition coefficient (Wildman–Crippen LogP) is 1.07. The molecule has 6 heteroatoms. The van der Waals surface area contributed by atoms with E-state index in [1.165, 1.54) is 6.92 Å². The molecule has 0 saturated carbocycles. The minimum atomic E-state index is -0.935. The minimum absolute atomic E-state index is 0.0291. The topological polar surface area (TPSA) is 87.1 Å². The SMILES string of the molecule is C=C(C)C(=O)O.C=CC(=O)OCC(O)CN(CC)CC. The summed E-state index contributed by atoms with van der Waals surface area (Å²) in [4.78, 5) is 22.3. The Labute approximate surface area is 120 Å². The number of rotatable bonds is 8. The maximum Gasteiger partial charge on any atom is 0.330 e. The van der Waals surface area contributed by atoms with Gasteiger partial charge in [-0.15, -0.1) is 0 Å². The average molecular weight is 287 g/mol. The first-order valence-electron chi connectivity index (χ1n) is 6.36. The van der Waals surface area contributed by atoms with Crippen molar-refractivity contribution >= 4 is 11.9 Å². The van der Waals surface area contributed by atoms with Crippen LogP contribution < -0.4 is 0 Å². The second kappa shape index (κ2) is 12.4. The quantitative estimate of drug-likeness (QED) is 0.513. The summed E-state index contributed by atoms with van der Waals surface area (Å²) in [6.45, 7) is 14.2. The number of ether oxygens (including phenoxy) is 1. The summed E-state index contributed by atoms with van der Waals surface area (Å²) < 4.78 is 4.71. The van der Waals surface area contributed by atoms with Crippen molar-refractivity contribution in [3.8, 4) is 0 Å². The van der Waals surface area contributed by atoms with Crippen LogP contribution in [0.15, 0.2) is 24.8 Å². The molecule has 0 spiro atoms. The van der Waals surface area contributed by atoms with E-state index < -0.39 is 18.0 Å². The molecule has 0 rings (SSSR count). The number of aliphatic hydroxyl groups excluding tert-OH is 1. The molecule has 20 heavy (non-hydrogen) atoms. The van der Waals surface area contributed by atoms with Gasteiger partial charge in [-0.1, -0.05) is 27.0 Å². The van der Waals surface area contributed by atoms with E-state index in [-0.39, 0.29) is 12.2 Å². The second-order valence-electron chi connectivity index (χ2n) is 4.06. The first-order valence-corrected chi connectivity index (χ1v) is 6.36. The smallest absolute Gasteiger partial charge is 0.330 e. The largest absolute Gasteiger partial charge is 0.478 e. The highest BCUT2D eigenvalue weighted by atomic mass is 16.5. The fourth-order valence-electron chi connectivity index (χ4n) is 1.07. The Morgan fingerprint density at radius 2 is 1.80 bits per heavy atom. The summed E-state index contributed by atoms with van der Waals surface area (Å²) in [5.74, 6) is -1.43. The van der Waals surface area contributed by atoms with Crippen molar-refractivity contribution in [3.63, 3.8) is 0 Å². The van der Waals surface area contributed by atoms with Gasteiger partial charge in [0, 0.05) is 18.2 Å². The molecule has 0 saturated heterocycles. The number of hydrogen-bond donors (Lipinski definition) is 2. The number of carboxylic acids is 1. The molecule has 0 radical (unpaired) electrons. The molecule has 0 aliphatic rings. The summed E-state index contributed by atoms with van der Waals surface area (Å²) in [5, 5.41) is 17.4. The van der Waals surface area contributed by atoms with Crippen LogP contribution in [0.25, 0.3) is 0 Å². The van der Waals surface area contributed by atoms with Crippen molar-refractivity contribution in [1.29, 1.82) is 0 Å². The molecule has 0 bridgehead atoms. The molecule has 0 aromatic carbocycles. The molecule has 1 unspecified atom stereocenters. The van der Waals surface area contributed by atoms with Gasteiger partial charge in [0.25, 0.3) is 0 Å². The fourth-order valence-corrected chi connectivity index (χ4v) is 1.07. The number of carboxylic acid groups (broad SMARTS) is 1. The van der Waals surface area contributed by atoms with E-state index in [9.17, 15) is 14.7 Å². The van der Waals surface area contributed by atoms with Gasteiger partial charge < -0.3 is 19.8 Å². The van der Waals surface area contributed by atoms with Crippen molar-refractivity contribution in [3.05, 3.63) is 24.8 Å². The van der Waals surface area contributed by atoms with E-state index in [2.05, 4.69) is 18.1 Å². The third-order valence-electron chi connectivity index (χ3n) is 2.31. The van der Waals surface area contributed by atoms with Crippen LogP contribution in [0.5, 0.6) is 0 Å². The molecule has 0 aliphatic carbocycles. The van der Waals surface area contributed by atoms with Gasteiger partial charge in [-0.3, -0.25) is 0 Å². The van der Waals surface area contributed by atoms with Crippen LogP contribution in [-0.2, 0) is 14.3 Å². The van der Waals surface area contributed by atoms with Gasteiger partial charge >= 0.3 is 11.9 Å². The fraction of sp³-hybridized carbons (Fsp3) is 0.571. The molecule has 1 atom stereocenters. The predicted molar refractivity (Wildman–Crippen MR) is 77.4 cm³/mol. The lowest BCUT2D eigenvalue weighted by atomic mass is 10.3. The number of aliphatic carboxylic acids is 1. The van der Waals surface area contributed by atoms with Crippen LogP contribution in [0.4, 0.5) is 0 Å². The Bertz CT molecular complexity index is 312. The van der Waals surface area contributed by atoms with Crippen LogP contribution in [0.1, 0.15) is 20.8 Å². The summed E-state index contributed by atoms with van der Waals surface area (Å²) in [7, 11) is 0. The Balaban J connectivity index is 0. The van der Waals surface area contributed by atoms with Crippen LogP contribution in [-0.4, -0.2) is 59.4 Å². The molecule has 0 amide bonds. The number of nitrogens with zero attached hydrogens (tertiary/aromatic N) is 1. The normalized spacial score (nSPS) is 11.1. The second-order valence-corrected chi connectivity index (χ2v) is 4.06. The van der Waals surface area contributed by atoms with E-state index in [1.807, 2.05) is 13.8 Å². The summed E-state index contributed by atoms with van der Waals surface area (Å²) in [5.41, 5.74) is 0.176. The monoisotopic (exact) mass is 287 g/mol. The summed E-state index contributed by atoms with van der Waals surface area (Å²) in [6, 6.07) is 0. The number of esters is 1. The zero-order valence-corrected chi connectivity index (χ0v) is 12.5. The molecule has 116 valence electrons. The van der Waals surface area contributed by atoms with Gasteiger partial charge in [0.1, 0.15) is 12.7 Å². The minimum Gasteiger partial charge on any atom is -0.478 e. The van der Waals surface area contributed by atoms with E-state index in [0.29, 0.717) is 6.54 Å². The lowest BCUT2D eigenvalue weighted by Crippen LogP contribution is -2.35. The van der Waals surface area contributed by atoms with E-state index in [0.717, 1.165) is 19.2 Å². The molecule has 2 N–H and O–H groups in total. The van der Waals surface area contributed by atoms with Gasteiger partial charge in [0.05, 0.1) is 0 Å². The highest BCUT2D eigenvalue weighted by Crippen LogP contribution is 1.93. The van der Waals surface area contributed by atoms with Crippen LogP contribution in [0, 0.1) is 0 Å². The van der Waals surface area contributed by atoms with Gasteiger partial charge in [-0.25, -0.2) is 9.59 Å². The molecule has 0 aromatic rings. The average Bonchev–Trinajstić information content (AvgIpc) is 2.42. The van der Waals surface area contributed by atoms with E-state index in [1.54, 1.807) is 0 Å². The Hall–Kier alpha value is -1.66. The molecule has 0 fully saturated rings. The maximum atomic E-state index is 10.7. The van der Waals surface area contributed by atoms with Gasteiger partial charge in [0.2, 0.25) is 0 Å². The highest BCUT2D eigenvalue weighted by Gasteiger charge is 2.10. The van der Waals surface area contributed by atoms with E-state index >= 15 is 0 Å². The zero-order valence-electron chi connectivity index (χ0n) is 12.5. The Morgan fingerprint density at radius 3 is 2.10 bits per heavy atom. The summed E-state index contributed by atoms with van der Waals surface area (Å²) >= 11 is 0. The molecule has 0 aliphatic heterocycles. The van der Waals surface area contributed by atoms with Crippen molar-refractivity contribution in [2.75, 3.05) is 26.2 Å². The molecular formula is C14H25NO5. The van der Waals surface area contributed by atoms with E-state index in [4.69, 9.17) is 9.84 Å². The van der Waals surface area contributed by atoms with Crippen molar-refractivity contribution in [2.24, 2.45) is 0 Å². The summed E-state index contributed by atoms with van der Waals surface area (Å²) in [6.07, 6.45) is 0.461. The lowest BCUT2D eigenvalue weighted by Gasteiger charge is -2.21. The van der Waals surface area contributed by atoms with Crippen LogP contribution in [0.3, 0.4) is 0 Å². The number of aliphatic hydroxyl groups is 1. The number of carbonyl (C=O) groups excluding carboxylic acids is 1. The Morgan fingerprint density at radius 1 is 1.35 bits per heavy atom. The Kier molecular flexibility index (Phi) is 12.8. The number of likely N-dealkylation sites (N-methyl/N-ethyl adjacent to an activating group) is 1. The van der Waals surface area contributed by atoms with Gasteiger partial charge in [-0.05, 0) is 20.0 Å². The lowest BCUT2D eigenvalue weighted by molar-refractivity contribution is -0.141. The maximum absolute atomic E-state index is 10.7. The zero-order chi connectivity index (χ0) is 16.1. The first-order chi connectivity index (χ1) is 9.28. The van der Waals surface area contributed by atoms with Crippen LogP contribution >= 0.6 is 0 Å². The van der Waals surface area contributed by atoms with Gasteiger partial charge in [0.15, 0.2) is 0 Å². The molecular weight excluding hydrogens is 262 g/mol. The van der Waals surface area contributed by atoms with Gasteiger partial charge in [-0.2, -0.15) is 0 Å². The third-order valence-corrected chi connectivity index (χ3v) is 2.31. The van der Waals surface area contributed by atoms with Crippen molar-refractivity contribution < 1.29 is 24.5 Å². The van der Waals surface area contributed by atoms with Crippen LogP contribution in [0.2, 0.25) is 0 Å². The standard InChI is InChI=1S/C10H19NO3.C4H6O2/c1-4-10(13)14-8-9(12)7-11(5-2)6-3;1-3(2)4(5)6/h4,9,12H,1,5-8H2,2-3H3;1H2,2H3,(H,5,6).